The summed E-state index contributed by atoms with van der Waals surface area (Å²) in [5, 5.41) is 0. The van der Waals surface area contributed by atoms with Gasteiger partial charge in [-0.3, -0.25) is 0 Å². The number of hydrogen-bond donors (Lipinski definition) is 0. The lowest BCUT2D eigenvalue weighted by Gasteiger charge is -2.26. The van der Waals surface area contributed by atoms with Gasteiger partial charge in [0, 0.05) is 0 Å². The summed E-state index contributed by atoms with van der Waals surface area (Å²) < 4.78 is 0. The molecule has 0 aromatic heterocycles. The second-order valence-electron chi connectivity index (χ2n) is 3.95. The van der Waals surface area contributed by atoms with Crippen LogP contribution in [-0.4, -0.2) is 0 Å². The number of hydrogen-bond acceptors (Lipinski definition) is 0. The Balaban J connectivity index is 0.000000791. The highest BCUT2D eigenvalue weighted by atomic mass is 14.2. The highest BCUT2D eigenvalue weighted by molar-refractivity contribution is 5.19. The summed E-state index contributed by atoms with van der Waals surface area (Å²) in [7, 11) is 0. The average Bonchev–Trinajstić information content (AvgIpc) is 2.25. The second-order valence-corrected chi connectivity index (χ2v) is 3.95. The molecule has 0 aromatic rings. The third kappa shape index (κ3) is 4.13. The van der Waals surface area contributed by atoms with Crippen molar-refractivity contribution < 1.29 is 0 Å². The van der Waals surface area contributed by atoms with Gasteiger partial charge in [-0.15, -0.1) is 0 Å². The molecule has 0 spiro atoms. The van der Waals surface area contributed by atoms with Crippen molar-refractivity contribution in [3.63, 3.8) is 0 Å². The molecule has 0 unspecified atom stereocenters. The number of allylic oxidation sites excluding steroid dienone is 3. The quantitative estimate of drug-likeness (QED) is 0.544. The molecular weight excluding hydrogens is 168 g/mol. The van der Waals surface area contributed by atoms with Crippen LogP contribution in [0.1, 0.15) is 53.4 Å². The van der Waals surface area contributed by atoms with Gasteiger partial charge in [0.15, 0.2) is 0 Å². The zero-order valence-electron chi connectivity index (χ0n) is 10.3. The van der Waals surface area contributed by atoms with Crippen molar-refractivity contribution in [2.45, 2.75) is 53.4 Å². The van der Waals surface area contributed by atoms with E-state index in [4.69, 9.17) is 0 Å². The minimum Gasteiger partial charge on any atom is -0.0988 e. The van der Waals surface area contributed by atoms with Gasteiger partial charge in [0.2, 0.25) is 0 Å². The third-order valence-electron chi connectivity index (χ3n) is 3.06. The molecule has 82 valence electrons. The van der Waals surface area contributed by atoms with Crippen molar-refractivity contribution in [3.05, 3.63) is 24.3 Å². The van der Waals surface area contributed by atoms with Crippen LogP contribution < -0.4 is 0 Å². The highest BCUT2D eigenvalue weighted by Crippen LogP contribution is 2.33. The Bertz CT molecular complexity index is 168. The molecule has 1 saturated carbocycles. The Kier molecular flexibility index (Phi) is 7.55. The molecular formula is C14H26. The highest BCUT2D eigenvalue weighted by Gasteiger charge is 2.19. The van der Waals surface area contributed by atoms with E-state index in [-0.39, 0.29) is 0 Å². The number of rotatable bonds is 2. The van der Waals surface area contributed by atoms with E-state index in [1.807, 2.05) is 19.9 Å². The van der Waals surface area contributed by atoms with Crippen LogP contribution >= 0.6 is 0 Å². The summed E-state index contributed by atoms with van der Waals surface area (Å²) >= 11 is 0. The zero-order chi connectivity index (χ0) is 11.0. The molecule has 0 atom stereocenters. The standard InChI is InChI=1S/C12H20.C2H6/c1-4-11(5-2)12-8-6-10(3)7-9-12;1-2/h4-5,10,12H,1,6-9H2,2-3H3;1-2H3/b11-5+;. The largest absolute Gasteiger partial charge is 0.0988 e. The van der Waals surface area contributed by atoms with E-state index in [0.717, 1.165) is 11.8 Å². The van der Waals surface area contributed by atoms with Crippen LogP contribution in [0.2, 0.25) is 0 Å². The lowest BCUT2D eigenvalue weighted by atomic mass is 9.79. The topological polar surface area (TPSA) is 0 Å². The van der Waals surface area contributed by atoms with Crippen molar-refractivity contribution in [1.29, 1.82) is 0 Å². The molecule has 1 aliphatic carbocycles. The van der Waals surface area contributed by atoms with Crippen molar-refractivity contribution in [1.82, 2.24) is 0 Å². The molecule has 1 aliphatic rings. The molecule has 0 saturated heterocycles. The van der Waals surface area contributed by atoms with Gasteiger partial charge >= 0.3 is 0 Å². The second kappa shape index (κ2) is 7.84. The molecule has 0 heteroatoms. The van der Waals surface area contributed by atoms with E-state index in [1.165, 1.54) is 31.3 Å². The van der Waals surface area contributed by atoms with Crippen molar-refractivity contribution >= 4 is 0 Å². The minimum absolute atomic E-state index is 0.809. The monoisotopic (exact) mass is 194 g/mol. The van der Waals surface area contributed by atoms with Crippen LogP contribution in [0.25, 0.3) is 0 Å². The Labute approximate surface area is 90.1 Å². The first-order valence-electron chi connectivity index (χ1n) is 6.06. The van der Waals surface area contributed by atoms with E-state index in [9.17, 15) is 0 Å². The minimum atomic E-state index is 0.809. The van der Waals surface area contributed by atoms with Crippen molar-refractivity contribution in [2.24, 2.45) is 11.8 Å². The Hall–Kier alpha value is -0.520. The van der Waals surface area contributed by atoms with Crippen LogP contribution in [0.4, 0.5) is 0 Å². The molecule has 0 heterocycles. The lowest BCUT2D eigenvalue weighted by Crippen LogP contribution is -2.13. The molecule has 0 N–H and O–H groups in total. The van der Waals surface area contributed by atoms with E-state index >= 15 is 0 Å². The summed E-state index contributed by atoms with van der Waals surface area (Å²) in [5.74, 6) is 1.76. The predicted molar refractivity (Wildman–Crippen MR) is 66.4 cm³/mol. The summed E-state index contributed by atoms with van der Waals surface area (Å²) in [6.45, 7) is 12.3. The zero-order valence-corrected chi connectivity index (χ0v) is 10.3. The fourth-order valence-corrected chi connectivity index (χ4v) is 2.11. The smallest absolute Gasteiger partial charge is 0.0165 e. The van der Waals surface area contributed by atoms with Crippen LogP contribution in [0.5, 0.6) is 0 Å². The fourth-order valence-electron chi connectivity index (χ4n) is 2.11. The molecule has 14 heavy (non-hydrogen) atoms. The van der Waals surface area contributed by atoms with Gasteiger partial charge in [0.25, 0.3) is 0 Å². The fraction of sp³-hybridized carbons (Fsp3) is 0.714. The summed E-state index contributed by atoms with van der Waals surface area (Å²) in [6.07, 6.45) is 9.78. The summed E-state index contributed by atoms with van der Waals surface area (Å²) in [6, 6.07) is 0. The van der Waals surface area contributed by atoms with E-state index in [2.05, 4.69) is 26.5 Å². The Morgan fingerprint density at radius 3 is 2.00 bits per heavy atom. The molecule has 1 rings (SSSR count). The lowest BCUT2D eigenvalue weighted by molar-refractivity contribution is 0.323. The average molecular weight is 194 g/mol. The van der Waals surface area contributed by atoms with Gasteiger partial charge in [-0.25, -0.2) is 0 Å². The maximum Gasteiger partial charge on any atom is -0.0165 e. The molecule has 0 nitrogen and oxygen atoms in total. The van der Waals surface area contributed by atoms with E-state index in [0.29, 0.717) is 0 Å². The van der Waals surface area contributed by atoms with Crippen molar-refractivity contribution in [2.75, 3.05) is 0 Å². The molecule has 0 aromatic carbocycles. The maximum absolute atomic E-state index is 3.86. The van der Waals surface area contributed by atoms with Crippen LogP contribution in [-0.2, 0) is 0 Å². The third-order valence-corrected chi connectivity index (χ3v) is 3.06. The van der Waals surface area contributed by atoms with Crippen LogP contribution in [0.3, 0.4) is 0 Å². The van der Waals surface area contributed by atoms with Gasteiger partial charge in [-0.05, 0) is 37.2 Å². The van der Waals surface area contributed by atoms with Gasteiger partial charge in [-0.2, -0.15) is 0 Å². The van der Waals surface area contributed by atoms with Gasteiger partial charge in [-0.1, -0.05) is 52.3 Å². The SMILES string of the molecule is C=C/C(=C\C)C1CCC(C)CC1.CC. The normalized spacial score (nSPS) is 27.6. The Morgan fingerprint density at radius 1 is 1.14 bits per heavy atom. The van der Waals surface area contributed by atoms with Gasteiger partial charge < -0.3 is 0 Å². The summed E-state index contributed by atoms with van der Waals surface area (Å²) in [5.41, 5.74) is 1.46. The molecule has 0 radical (unpaired) electrons. The van der Waals surface area contributed by atoms with E-state index < -0.39 is 0 Å². The van der Waals surface area contributed by atoms with Crippen molar-refractivity contribution in [3.8, 4) is 0 Å². The molecule has 0 amide bonds. The molecule has 0 aliphatic heterocycles. The first kappa shape index (κ1) is 13.5. The Morgan fingerprint density at radius 2 is 1.64 bits per heavy atom. The van der Waals surface area contributed by atoms with Gasteiger partial charge in [0.1, 0.15) is 0 Å². The first-order valence-corrected chi connectivity index (χ1v) is 6.06. The van der Waals surface area contributed by atoms with Crippen LogP contribution in [0, 0.1) is 11.8 Å². The first-order chi connectivity index (χ1) is 6.77. The molecule has 0 bridgehead atoms. The van der Waals surface area contributed by atoms with Gasteiger partial charge in [0.05, 0.1) is 0 Å². The van der Waals surface area contributed by atoms with Crippen LogP contribution in [0.15, 0.2) is 24.3 Å². The molecule has 1 fully saturated rings. The van der Waals surface area contributed by atoms with E-state index in [1.54, 1.807) is 0 Å². The summed E-state index contributed by atoms with van der Waals surface area (Å²) in [4.78, 5) is 0. The maximum atomic E-state index is 3.86. The predicted octanol–water partition coefficient (Wildman–Crippen LogP) is 4.97.